The van der Waals surface area contributed by atoms with Crippen molar-refractivity contribution >= 4 is 5.91 Å². The van der Waals surface area contributed by atoms with Crippen LogP contribution in [0.25, 0.3) is 0 Å². The highest BCUT2D eigenvalue weighted by Crippen LogP contribution is 2.26. The van der Waals surface area contributed by atoms with E-state index >= 15 is 0 Å². The molecule has 0 spiro atoms. The standard InChI is InChI=1S/C14H27N3O/c1-5-6-13-14(18)17(11(3)15-13)12-7-8-16(4)10(2)9-12/h10-13,15H,5-9H2,1-4H3. The van der Waals surface area contributed by atoms with Crippen LogP contribution in [0.4, 0.5) is 0 Å². The molecular formula is C14H27N3O. The molecule has 0 bridgehead atoms. The van der Waals surface area contributed by atoms with Crippen LogP contribution in [0.2, 0.25) is 0 Å². The van der Waals surface area contributed by atoms with Gasteiger partial charge in [0.2, 0.25) is 5.91 Å². The number of rotatable bonds is 3. The van der Waals surface area contributed by atoms with Gasteiger partial charge < -0.3 is 9.80 Å². The van der Waals surface area contributed by atoms with Gasteiger partial charge in [-0.3, -0.25) is 10.1 Å². The van der Waals surface area contributed by atoms with E-state index in [2.05, 4.69) is 42.9 Å². The highest BCUT2D eigenvalue weighted by molar-refractivity contribution is 5.84. The molecule has 1 amide bonds. The predicted molar refractivity (Wildman–Crippen MR) is 73.3 cm³/mol. The zero-order valence-electron chi connectivity index (χ0n) is 12.1. The van der Waals surface area contributed by atoms with Crippen LogP contribution < -0.4 is 5.32 Å². The minimum Gasteiger partial charge on any atom is -0.323 e. The topological polar surface area (TPSA) is 35.6 Å². The van der Waals surface area contributed by atoms with E-state index in [4.69, 9.17) is 0 Å². The number of nitrogens with zero attached hydrogens (tertiary/aromatic N) is 2. The first kappa shape index (κ1) is 13.8. The van der Waals surface area contributed by atoms with Crippen molar-refractivity contribution in [2.24, 2.45) is 0 Å². The van der Waals surface area contributed by atoms with Crippen molar-refractivity contribution in [3.8, 4) is 0 Å². The first-order valence-corrected chi connectivity index (χ1v) is 7.33. The third-order valence-electron chi connectivity index (χ3n) is 4.56. The Morgan fingerprint density at radius 1 is 1.39 bits per heavy atom. The smallest absolute Gasteiger partial charge is 0.241 e. The van der Waals surface area contributed by atoms with Crippen LogP contribution >= 0.6 is 0 Å². The monoisotopic (exact) mass is 253 g/mol. The largest absolute Gasteiger partial charge is 0.323 e. The van der Waals surface area contributed by atoms with Crippen molar-refractivity contribution in [1.29, 1.82) is 0 Å². The second-order valence-electron chi connectivity index (χ2n) is 5.94. The summed E-state index contributed by atoms with van der Waals surface area (Å²) in [5.41, 5.74) is 0. The number of piperidine rings is 1. The molecule has 0 saturated carbocycles. The summed E-state index contributed by atoms with van der Waals surface area (Å²) >= 11 is 0. The number of carbonyl (C=O) groups is 1. The Balaban J connectivity index is 2.02. The van der Waals surface area contributed by atoms with Gasteiger partial charge in [0, 0.05) is 18.6 Å². The molecule has 1 N–H and O–H groups in total. The summed E-state index contributed by atoms with van der Waals surface area (Å²) in [5.74, 6) is 0.325. The third-order valence-corrected chi connectivity index (χ3v) is 4.56. The van der Waals surface area contributed by atoms with Crippen molar-refractivity contribution in [3.05, 3.63) is 0 Å². The lowest BCUT2D eigenvalue weighted by Gasteiger charge is -2.40. The Morgan fingerprint density at radius 3 is 2.72 bits per heavy atom. The SMILES string of the molecule is CCCC1NC(C)N(C2CCN(C)C(C)C2)C1=O. The number of carbonyl (C=O) groups excluding carboxylic acids is 1. The van der Waals surface area contributed by atoms with Gasteiger partial charge in [-0.05, 0) is 40.2 Å². The maximum Gasteiger partial charge on any atom is 0.241 e. The summed E-state index contributed by atoms with van der Waals surface area (Å²) in [7, 11) is 2.17. The van der Waals surface area contributed by atoms with Gasteiger partial charge in [0.05, 0.1) is 12.2 Å². The quantitative estimate of drug-likeness (QED) is 0.826. The molecule has 2 aliphatic rings. The molecule has 104 valence electrons. The Kier molecular flexibility index (Phi) is 4.28. The van der Waals surface area contributed by atoms with E-state index in [1.807, 2.05) is 0 Å². The van der Waals surface area contributed by atoms with E-state index in [0.717, 1.165) is 32.2 Å². The Morgan fingerprint density at radius 2 is 2.11 bits per heavy atom. The Bertz CT molecular complexity index is 307. The fourth-order valence-corrected chi connectivity index (χ4v) is 3.32. The molecule has 4 heteroatoms. The van der Waals surface area contributed by atoms with Gasteiger partial charge >= 0.3 is 0 Å². The molecule has 2 aliphatic heterocycles. The summed E-state index contributed by atoms with van der Waals surface area (Å²) in [6, 6.07) is 1.06. The predicted octanol–water partition coefficient (Wildman–Crippen LogP) is 1.42. The molecule has 2 saturated heterocycles. The van der Waals surface area contributed by atoms with E-state index in [0.29, 0.717) is 18.0 Å². The fraction of sp³-hybridized carbons (Fsp3) is 0.929. The van der Waals surface area contributed by atoms with Crippen LogP contribution in [-0.2, 0) is 4.79 Å². The van der Waals surface area contributed by atoms with Crippen LogP contribution in [0.1, 0.15) is 46.5 Å². The maximum absolute atomic E-state index is 12.4. The van der Waals surface area contributed by atoms with Crippen molar-refractivity contribution in [1.82, 2.24) is 15.1 Å². The molecule has 4 unspecified atom stereocenters. The van der Waals surface area contributed by atoms with Crippen LogP contribution in [0.15, 0.2) is 0 Å². The van der Waals surface area contributed by atoms with Crippen molar-refractivity contribution in [3.63, 3.8) is 0 Å². The van der Waals surface area contributed by atoms with E-state index < -0.39 is 0 Å². The number of hydrogen-bond acceptors (Lipinski definition) is 3. The molecule has 0 aromatic heterocycles. The molecule has 2 rings (SSSR count). The highest BCUT2D eigenvalue weighted by atomic mass is 16.2. The molecule has 2 heterocycles. The number of nitrogens with one attached hydrogen (secondary N) is 1. The fourth-order valence-electron chi connectivity index (χ4n) is 3.32. The first-order chi connectivity index (χ1) is 8.54. The van der Waals surface area contributed by atoms with E-state index in [1.54, 1.807) is 0 Å². The minimum atomic E-state index is 0.0555. The van der Waals surface area contributed by atoms with Crippen LogP contribution in [0, 0.1) is 0 Å². The molecule has 2 fully saturated rings. The van der Waals surface area contributed by atoms with Gasteiger partial charge in [-0.15, -0.1) is 0 Å². The first-order valence-electron chi connectivity index (χ1n) is 7.33. The lowest BCUT2D eigenvalue weighted by molar-refractivity contribution is -0.133. The van der Waals surface area contributed by atoms with Gasteiger partial charge in [-0.1, -0.05) is 13.3 Å². The van der Waals surface area contributed by atoms with E-state index in [9.17, 15) is 4.79 Å². The maximum atomic E-state index is 12.4. The molecule has 4 atom stereocenters. The second-order valence-corrected chi connectivity index (χ2v) is 5.94. The van der Waals surface area contributed by atoms with E-state index in [-0.39, 0.29) is 12.2 Å². The van der Waals surface area contributed by atoms with Gasteiger partial charge in [0.1, 0.15) is 0 Å². The van der Waals surface area contributed by atoms with Gasteiger partial charge in [0.15, 0.2) is 0 Å². The zero-order valence-corrected chi connectivity index (χ0v) is 12.1. The summed E-state index contributed by atoms with van der Waals surface area (Å²) in [6.45, 7) is 7.62. The van der Waals surface area contributed by atoms with Crippen molar-refractivity contribution < 1.29 is 4.79 Å². The molecule has 0 aromatic rings. The minimum absolute atomic E-state index is 0.0555. The summed E-state index contributed by atoms with van der Waals surface area (Å²) < 4.78 is 0. The van der Waals surface area contributed by atoms with Gasteiger partial charge in [-0.25, -0.2) is 0 Å². The Hall–Kier alpha value is -0.610. The number of likely N-dealkylation sites (tertiary alicyclic amines) is 1. The lowest BCUT2D eigenvalue weighted by atomic mass is 9.97. The lowest BCUT2D eigenvalue weighted by Crippen LogP contribution is -2.51. The summed E-state index contributed by atoms with van der Waals surface area (Å²) in [5, 5.41) is 3.44. The highest BCUT2D eigenvalue weighted by Gasteiger charge is 2.41. The summed E-state index contributed by atoms with van der Waals surface area (Å²) in [4.78, 5) is 16.9. The molecule has 0 radical (unpaired) electrons. The normalized spacial score (nSPS) is 38.4. The average molecular weight is 253 g/mol. The molecule has 0 aliphatic carbocycles. The molecule has 0 aromatic carbocycles. The van der Waals surface area contributed by atoms with Crippen molar-refractivity contribution in [2.75, 3.05) is 13.6 Å². The molecule has 4 nitrogen and oxygen atoms in total. The van der Waals surface area contributed by atoms with Gasteiger partial charge in [-0.2, -0.15) is 0 Å². The second kappa shape index (κ2) is 5.57. The number of hydrogen-bond donors (Lipinski definition) is 1. The average Bonchev–Trinajstić information content (AvgIpc) is 2.59. The van der Waals surface area contributed by atoms with Crippen LogP contribution in [0.5, 0.6) is 0 Å². The third kappa shape index (κ3) is 2.54. The molecular weight excluding hydrogens is 226 g/mol. The van der Waals surface area contributed by atoms with Crippen LogP contribution in [0.3, 0.4) is 0 Å². The van der Waals surface area contributed by atoms with Crippen LogP contribution in [-0.4, -0.2) is 53.6 Å². The van der Waals surface area contributed by atoms with Crippen molar-refractivity contribution in [2.45, 2.75) is 70.7 Å². The zero-order chi connectivity index (χ0) is 13.3. The molecule has 18 heavy (non-hydrogen) atoms. The summed E-state index contributed by atoms with van der Waals surface area (Å²) in [6.07, 6.45) is 4.44. The number of amides is 1. The Labute approximate surface area is 111 Å². The van der Waals surface area contributed by atoms with E-state index in [1.165, 1.54) is 0 Å². The van der Waals surface area contributed by atoms with Gasteiger partial charge in [0.25, 0.3) is 0 Å².